The molecule has 0 bridgehead atoms. The normalized spacial score (nSPS) is 10.9. The number of benzene rings is 2. The highest BCUT2D eigenvalue weighted by molar-refractivity contribution is 5.84. The molecule has 0 aliphatic rings. The van der Waals surface area contributed by atoms with Crippen LogP contribution >= 0.6 is 0 Å². The Morgan fingerprint density at radius 2 is 1.38 bits per heavy atom. The molecule has 4 rings (SSSR count). The summed E-state index contributed by atoms with van der Waals surface area (Å²) in [4.78, 5) is 16.5. The Kier molecular flexibility index (Phi) is 6.61. The largest absolute Gasteiger partial charge is 0.481 e. The van der Waals surface area contributed by atoms with Crippen molar-refractivity contribution < 1.29 is 23.8 Å². The molecule has 0 unspecified atom stereocenters. The Bertz CT molecular complexity index is 1120. The molecule has 2 aromatic carbocycles. The molecular weight excluding hydrogens is 378 g/mol. The first-order chi connectivity index (χ1) is 14.0. The summed E-state index contributed by atoms with van der Waals surface area (Å²) in [7, 11) is 0. The summed E-state index contributed by atoms with van der Waals surface area (Å²) >= 11 is 0. The van der Waals surface area contributed by atoms with Crippen LogP contribution in [0.15, 0.2) is 48.8 Å². The van der Waals surface area contributed by atoms with E-state index < -0.39 is 5.97 Å². The second-order valence-electron chi connectivity index (χ2n) is 6.73. The minimum atomic E-state index is -0.847. The maximum atomic E-state index is 13.0. The fraction of sp³-hybridized carbons (Fsp3) is 0.227. The number of carbonyl (C=O) groups is 1. The van der Waals surface area contributed by atoms with Crippen molar-refractivity contribution in [3.63, 3.8) is 0 Å². The van der Waals surface area contributed by atoms with E-state index in [2.05, 4.69) is 9.97 Å². The van der Waals surface area contributed by atoms with Crippen molar-refractivity contribution in [2.75, 3.05) is 6.61 Å². The molecule has 0 saturated heterocycles. The zero-order valence-electron chi connectivity index (χ0n) is 15.7. The number of hydrogen-bond donors (Lipinski definition) is 4. The maximum Gasteiger partial charge on any atom is 0.303 e. The molecular formula is C22H22F2N2O3. The van der Waals surface area contributed by atoms with Gasteiger partial charge in [0.25, 0.3) is 0 Å². The number of halogens is 2. The molecule has 4 aromatic rings. The van der Waals surface area contributed by atoms with Crippen LogP contribution in [-0.4, -0.2) is 32.8 Å². The predicted octanol–water partition coefficient (Wildman–Crippen LogP) is 4.56. The molecule has 0 aliphatic heterocycles. The van der Waals surface area contributed by atoms with Crippen molar-refractivity contribution in [3.05, 3.63) is 71.6 Å². The van der Waals surface area contributed by atoms with Crippen LogP contribution in [0.2, 0.25) is 0 Å². The lowest BCUT2D eigenvalue weighted by molar-refractivity contribution is -0.136. The molecule has 0 amide bonds. The zero-order valence-corrected chi connectivity index (χ0v) is 15.7. The van der Waals surface area contributed by atoms with Crippen LogP contribution in [0.5, 0.6) is 0 Å². The van der Waals surface area contributed by atoms with Gasteiger partial charge in [0, 0.05) is 47.2 Å². The van der Waals surface area contributed by atoms with Gasteiger partial charge in [0.1, 0.15) is 11.6 Å². The number of aromatic amines is 2. The molecule has 0 saturated carbocycles. The number of aliphatic hydroxyl groups is 1. The second kappa shape index (κ2) is 9.34. The van der Waals surface area contributed by atoms with Crippen LogP contribution in [-0.2, 0) is 17.6 Å². The summed E-state index contributed by atoms with van der Waals surface area (Å²) in [6.07, 6.45) is 5.57. The lowest BCUT2D eigenvalue weighted by atomic mass is 10.1. The predicted molar refractivity (Wildman–Crippen MR) is 108 cm³/mol. The van der Waals surface area contributed by atoms with Gasteiger partial charge < -0.3 is 20.2 Å². The number of carboxylic acids is 1. The fourth-order valence-electron chi connectivity index (χ4n) is 3.23. The van der Waals surface area contributed by atoms with E-state index in [9.17, 15) is 13.6 Å². The number of aliphatic carboxylic acids is 1. The topological polar surface area (TPSA) is 89.1 Å². The van der Waals surface area contributed by atoms with Crippen molar-refractivity contribution >= 4 is 27.8 Å². The third-order valence-corrected chi connectivity index (χ3v) is 4.67. The zero-order chi connectivity index (χ0) is 20.8. The number of H-pyrrole nitrogens is 2. The van der Waals surface area contributed by atoms with Crippen LogP contribution in [0.1, 0.15) is 24.0 Å². The van der Waals surface area contributed by atoms with Gasteiger partial charge in [0.15, 0.2) is 0 Å². The van der Waals surface area contributed by atoms with E-state index >= 15 is 0 Å². The van der Waals surface area contributed by atoms with Crippen LogP contribution in [0.4, 0.5) is 8.78 Å². The molecule has 0 aliphatic carbocycles. The van der Waals surface area contributed by atoms with Gasteiger partial charge in [-0.25, -0.2) is 8.78 Å². The van der Waals surface area contributed by atoms with Crippen LogP contribution < -0.4 is 0 Å². The average molecular weight is 400 g/mol. The molecule has 2 aromatic heterocycles. The highest BCUT2D eigenvalue weighted by atomic mass is 19.1. The summed E-state index contributed by atoms with van der Waals surface area (Å²) in [5.74, 6) is -1.37. The van der Waals surface area contributed by atoms with Crippen LogP contribution in [0.25, 0.3) is 21.8 Å². The number of carboxylic acid groups (broad SMARTS) is 1. The van der Waals surface area contributed by atoms with Gasteiger partial charge in [0.05, 0.1) is 0 Å². The van der Waals surface area contributed by atoms with Crippen molar-refractivity contribution in [1.29, 1.82) is 0 Å². The number of aromatic nitrogens is 2. The monoisotopic (exact) mass is 400 g/mol. The first-order valence-corrected chi connectivity index (χ1v) is 9.31. The second-order valence-corrected chi connectivity index (χ2v) is 6.73. The van der Waals surface area contributed by atoms with E-state index in [4.69, 9.17) is 10.2 Å². The first-order valence-electron chi connectivity index (χ1n) is 9.31. The SMILES string of the molecule is O=C(O)CCc1c[nH]c2ccc(F)cc12.OCCCc1c[nH]c2ccc(F)cc12. The molecule has 152 valence electrons. The van der Waals surface area contributed by atoms with E-state index in [-0.39, 0.29) is 24.7 Å². The van der Waals surface area contributed by atoms with Crippen molar-refractivity contribution in [1.82, 2.24) is 9.97 Å². The molecule has 0 radical (unpaired) electrons. The highest BCUT2D eigenvalue weighted by Gasteiger charge is 2.06. The van der Waals surface area contributed by atoms with Crippen LogP contribution in [0, 0.1) is 11.6 Å². The minimum Gasteiger partial charge on any atom is -0.481 e. The Labute approximate surface area is 166 Å². The number of fused-ring (bicyclic) bond motifs is 2. The van der Waals surface area contributed by atoms with Crippen LogP contribution in [0.3, 0.4) is 0 Å². The van der Waals surface area contributed by atoms with E-state index in [1.165, 1.54) is 24.3 Å². The van der Waals surface area contributed by atoms with Gasteiger partial charge >= 0.3 is 5.97 Å². The van der Waals surface area contributed by atoms with Gasteiger partial charge in [-0.1, -0.05) is 0 Å². The van der Waals surface area contributed by atoms with Gasteiger partial charge in [-0.15, -0.1) is 0 Å². The quantitative estimate of drug-likeness (QED) is 0.383. The summed E-state index contributed by atoms with van der Waals surface area (Å²) in [5.41, 5.74) is 3.68. The molecule has 5 nitrogen and oxygen atoms in total. The Morgan fingerprint density at radius 3 is 1.86 bits per heavy atom. The minimum absolute atomic E-state index is 0.0590. The average Bonchev–Trinajstić information content (AvgIpc) is 3.28. The maximum absolute atomic E-state index is 13.0. The Hall–Kier alpha value is -3.19. The summed E-state index contributed by atoms with van der Waals surface area (Å²) in [6.45, 7) is 0.169. The van der Waals surface area contributed by atoms with Crippen molar-refractivity contribution in [3.8, 4) is 0 Å². The van der Waals surface area contributed by atoms with Gasteiger partial charge in [-0.3, -0.25) is 4.79 Å². The number of rotatable bonds is 6. The molecule has 29 heavy (non-hydrogen) atoms. The van der Waals surface area contributed by atoms with E-state index in [1.54, 1.807) is 18.3 Å². The van der Waals surface area contributed by atoms with Gasteiger partial charge in [-0.05, 0) is 66.8 Å². The fourth-order valence-corrected chi connectivity index (χ4v) is 3.23. The lowest BCUT2D eigenvalue weighted by Gasteiger charge is -1.96. The Morgan fingerprint density at radius 1 is 0.862 bits per heavy atom. The third-order valence-electron chi connectivity index (χ3n) is 4.67. The standard InChI is InChI=1S/C11H10FNO2.C11H12FNO/c12-8-2-3-10-9(5-8)7(6-13-10)1-4-11(14)15;12-9-3-4-11-10(6-9)8(7-13-11)2-1-5-14/h2-3,5-6,13H,1,4H2,(H,14,15);3-4,6-7,13-14H,1-2,5H2. The molecule has 0 atom stereocenters. The highest BCUT2D eigenvalue weighted by Crippen LogP contribution is 2.21. The molecule has 4 N–H and O–H groups in total. The smallest absolute Gasteiger partial charge is 0.303 e. The number of aliphatic hydroxyl groups excluding tert-OH is 1. The summed E-state index contributed by atoms with van der Waals surface area (Å²) < 4.78 is 25.9. The summed E-state index contributed by atoms with van der Waals surface area (Å²) in [5, 5.41) is 18.9. The van der Waals surface area contributed by atoms with Crippen molar-refractivity contribution in [2.45, 2.75) is 25.7 Å². The van der Waals surface area contributed by atoms with E-state index in [1.807, 2.05) is 6.20 Å². The molecule has 0 spiro atoms. The van der Waals surface area contributed by atoms with E-state index in [0.717, 1.165) is 39.4 Å². The molecule has 7 heteroatoms. The number of aryl methyl sites for hydroxylation is 2. The third kappa shape index (κ3) is 5.20. The number of hydrogen-bond acceptors (Lipinski definition) is 2. The van der Waals surface area contributed by atoms with Gasteiger partial charge in [0.2, 0.25) is 0 Å². The van der Waals surface area contributed by atoms with Crippen molar-refractivity contribution in [2.24, 2.45) is 0 Å². The first kappa shape index (κ1) is 20.5. The Balaban J connectivity index is 0.000000166. The van der Waals surface area contributed by atoms with Gasteiger partial charge in [-0.2, -0.15) is 0 Å². The summed E-state index contributed by atoms with van der Waals surface area (Å²) in [6, 6.07) is 9.14. The van der Waals surface area contributed by atoms with E-state index in [0.29, 0.717) is 12.8 Å². The lowest BCUT2D eigenvalue weighted by Crippen LogP contribution is -1.96. The molecule has 2 heterocycles. The number of nitrogens with one attached hydrogen (secondary N) is 2. The molecule has 0 fully saturated rings.